The average molecular weight is 380 g/mol. The number of amides is 1. The summed E-state index contributed by atoms with van der Waals surface area (Å²) in [7, 11) is 0. The first kappa shape index (κ1) is 20.4. The number of aryl methyl sites for hydroxylation is 4. The Hall–Kier alpha value is -2.29. The number of benzene rings is 2. The van der Waals surface area contributed by atoms with Gasteiger partial charge >= 0.3 is 0 Å². The highest BCUT2D eigenvalue weighted by Crippen LogP contribution is 2.26. The quantitative estimate of drug-likeness (QED) is 0.679. The molecule has 0 fully saturated rings. The Morgan fingerprint density at radius 2 is 1.71 bits per heavy atom. The SMILES string of the molecule is CC[C@H](Oc1ccc2c(c1)CCCC2)C(=O)N[C@@H](CC)c1ccc(C)c(C)c1. The molecule has 0 aliphatic heterocycles. The molecule has 1 N–H and O–H groups in total. The molecule has 1 amide bonds. The van der Waals surface area contributed by atoms with Gasteiger partial charge in [-0.25, -0.2) is 0 Å². The van der Waals surface area contributed by atoms with Crippen molar-refractivity contribution in [3.63, 3.8) is 0 Å². The fraction of sp³-hybridized carbons (Fsp3) is 0.480. The molecule has 3 rings (SSSR count). The van der Waals surface area contributed by atoms with Gasteiger partial charge in [0.2, 0.25) is 0 Å². The molecule has 0 unspecified atom stereocenters. The van der Waals surface area contributed by atoms with Gasteiger partial charge in [0.25, 0.3) is 5.91 Å². The van der Waals surface area contributed by atoms with Crippen molar-refractivity contribution in [1.82, 2.24) is 5.32 Å². The van der Waals surface area contributed by atoms with Crippen LogP contribution in [0.2, 0.25) is 0 Å². The van der Waals surface area contributed by atoms with E-state index in [1.54, 1.807) is 0 Å². The molecule has 3 nitrogen and oxygen atoms in total. The number of fused-ring (bicyclic) bond motifs is 1. The summed E-state index contributed by atoms with van der Waals surface area (Å²) in [5, 5.41) is 3.20. The number of nitrogens with one attached hydrogen (secondary N) is 1. The van der Waals surface area contributed by atoms with Crippen molar-refractivity contribution in [2.24, 2.45) is 0 Å². The van der Waals surface area contributed by atoms with E-state index in [0.29, 0.717) is 6.42 Å². The third-order valence-electron chi connectivity index (χ3n) is 5.92. The summed E-state index contributed by atoms with van der Waals surface area (Å²) < 4.78 is 6.10. The zero-order valence-electron chi connectivity index (χ0n) is 17.7. The summed E-state index contributed by atoms with van der Waals surface area (Å²) in [6, 6.07) is 12.7. The molecular formula is C25H33NO2. The lowest BCUT2D eigenvalue weighted by atomic mass is 9.92. The first-order valence-electron chi connectivity index (χ1n) is 10.7. The van der Waals surface area contributed by atoms with Crippen LogP contribution in [-0.2, 0) is 17.6 Å². The van der Waals surface area contributed by atoms with Crippen LogP contribution in [0.5, 0.6) is 5.75 Å². The molecule has 3 heteroatoms. The van der Waals surface area contributed by atoms with Crippen LogP contribution in [0, 0.1) is 13.8 Å². The normalized spacial score (nSPS) is 15.4. The molecule has 0 aromatic heterocycles. The van der Waals surface area contributed by atoms with Gasteiger partial charge in [-0.15, -0.1) is 0 Å². The van der Waals surface area contributed by atoms with Gasteiger partial charge in [0.15, 0.2) is 6.10 Å². The van der Waals surface area contributed by atoms with E-state index in [0.717, 1.165) is 30.6 Å². The van der Waals surface area contributed by atoms with Crippen molar-refractivity contribution in [3.8, 4) is 5.75 Å². The van der Waals surface area contributed by atoms with Gasteiger partial charge in [-0.2, -0.15) is 0 Å². The van der Waals surface area contributed by atoms with Gasteiger partial charge in [-0.05, 0) is 92.3 Å². The molecule has 28 heavy (non-hydrogen) atoms. The van der Waals surface area contributed by atoms with Crippen molar-refractivity contribution in [3.05, 3.63) is 64.2 Å². The van der Waals surface area contributed by atoms with E-state index in [-0.39, 0.29) is 11.9 Å². The predicted octanol–water partition coefficient (Wildman–Crippen LogP) is 5.61. The lowest BCUT2D eigenvalue weighted by Gasteiger charge is -2.24. The second-order valence-electron chi connectivity index (χ2n) is 7.97. The smallest absolute Gasteiger partial charge is 0.261 e. The van der Waals surface area contributed by atoms with Crippen LogP contribution in [0.4, 0.5) is 0 Å². The highest BCUT2D eigenvalue weighted by atomic mass is 16.5. The Bertz CT molecular complexity index is 827. The second-order valence-corrected chi connectivity index (χ2v) is 7.97. The van der Waals surface area contributed by atoms with E-state index in [1.807, 2.05) is 13.0 Å². The van der Waals surface area contributed by atoms with Crippen LogP contribution in [-0.4, -0.2) is 12.0 Å². The fourth-order valence-corrected chi connectivity index (χ4v) is 3.94. The maximum atomic E-state index is 12.9. The summed E-state index contributed by atoms with van der Waals surface area (Å²) in [5.41, 5.74) is 6.48. The predicted molar refractivity (Wildman–Crippen MR) is 115 cm³/mol. The van der Waals surface area contributed by atoms with Crippen molar-refractivity contribution < 1.29 is 9.53 Å². The van der Waals surface area contributed by atoms with Crippen LogP contribution in [0.1, 0.15) is 73.4 Å². The minimum Gasteiger partial charge on any atom is -0.481 e. The van der Waals surface area contributed by atoms with E-state index >= 15 is 0 Å². The molecule has 1 aliphatic rings. The molecule has 2 aromatic carbocycles. The Morgan fingerprint density at radius 1 is 0.964 bits per heavy atom. The summed E-state index contributed by atoms with van der Waals surface area (Å²) in [6.45, 7) is 8.32. The number of hydrogen-bond donors (Lipinski definition) is 1. The number of carbonyl (C=O) groups excluding carboxylic acids is 1. The van der Waals surface area contributed by atoms with Crippen LogP contribution in [0.25, 0.3) is 0 Å². The van der Waals surface area contributed by atoms with Crippen molar-refractivity contribution in [2.45, 2.75) is 78.4 Å². The lowest BCUT2D eigenvalue weighted by Crippen LogP contribution is -2.40. The van der Waals surface area contributed by atoms with Gasteiger partial charge in [-0.1, -0.05) is 38.1 Å². The van der Waals surface area contributed by atoms with E-state index in [1.165, 1.54) is 35.1 Å². The second kappa shape index (κ2) is 9.27. The van der Waals surface area contributed by atoms with Crippen LogP contribution >= 0.6 is 0 Å². The largest absolute Gasteiger partial charge is 0.481 e. The van der Waals surface area contributed by atoms with Gasteiger partial charge in [-0.3, -0.25) is 4.79 Å². The van der Waals surface area contributed by atoms with Gasteiger partial charge in [0, 0.05) is 0 Å². The van der Waals surface area contributed by atoms with Crippen LogP contribution in [0.15, 0.2) is 36.4 Å². The van der Waals surface area contributed by atoms with Crippen molar-refractivity contribution >= 4 is 5.91 Å². The van der Waals surface area contributed by atoms with Crippen LogP contribution in [0.3, 0.4) is 0 Å². The maximum Gasteiger partial charge on any atom is 0.261 e. The van der Waals surface area contributed by atoms with Gasteiger partial charge in [0.05, 0.1) is 6.04 Å². The Kier molecular flexibility index (Phi) is 6.77. The zero-order chi connectivity index (χ0) is 20.1. The Labute approximate surface area is 169 Å². The third kappa shape index (κ3) is 4.76. The molecule has 2 atom stereocenters. The number of rotatable bonds is 7. The lowest BCUT2D eigenvalue weighted by molar-refractivity contribution is -0.128. The minimum atomic E-state index is -0.470. The van der Waals surface area contributed by atoms with Crippen molar-refractivity contribution in [2.75, 3.05) is 0 Å². The third-order valence-corrected chi connectivity index (χ3v) is 5.92. The molecule has 0 spiro atoms. The maximum absolute atomic E-state index is 12.9. The standard InChI is InChI=1S/C25H33NO2/c1-5-23(21-12-11-17(3)18(4)15-21)26-25(27)24(6-2)28-22-14-13-19-9-7-8-10-20(19)16-22/h11-16,23-24H,5-10H2,1-4H3,(H,26,27)/t23-,24-/m0/s1. The number of carbonyl (C=O) groups is 1. The molecule has 150 valence electrons. The Morgan fingerprint density at radius 3 is 2.39 bits per heavy atom. The van der Waals surface area contributed by atoms with E-state index in [9.17, 15) is 4.79 Å². The molecule has 0 radical (unpaired) electrons. The van der Waals surface area contributed by atoms with Crippen LogP contribution < -0.4 is 10.1 Å². The monoisotopic (exact) mass is 379 g/mol. The van der Waals surface area contributed by atoms with Gasteiger partial charge in [0.1, 0.15) is 5.75 Å². The highest BCUT2D eigenvalue weighted by Gasteiger charge is 2.22. The molecule has 0 bridgehead atoms. The first-order chi connectivity index (χ1) is 13.5. The fourth-order valence-electron chi connectivity index (χ4n) is 3.94. The summed E-state index contributed by atoms with van der Waals surface area (Å²) >= 11 is 0. The molecule has 1 aliphatic carbocycles. The zero-order valence-corrected chi connectivity index (χ0v) is 17.7. The molecule has 0 saturated heterocycles. The molecular weight excluding hydrogens is 346 g/mol. The molecule has 2 aromatic rings. The molecule has 0 heterocycles. The summed E-state index contributed by atoms with van der Waals surface area (Å²) in [5.74, 6) is 0.771. The average Bonchev–Trinajstić information content (AvgIpc) is 2.72. The van der Waals surface area contributed by atoms with Crippen molar-refractivity contribution in [1.29, 1.82) is 0 Å². The van der Waals surface area contributed by atoms with E-state index in [4.69, 9.17) is 4.74 Å². The molecule has 0 saturated carbocycles. The summed E-state index contributed by atoms with van der Waals surface area (Å²) in [4.78, 5) is 12.9. The highest BCUT2D eigenvalue weighted by molar-refractivity contribution is 5.81. The van der Waals surface area contributed by atoms with Gasteiger partial charge < -0.3 is 10.1 Å². The van der Waals surface area contributed by atoms with E-state index in [2.05, 4.69) is 56.4 Å². The topological polar surface area (TPSA) is 38.3 Å². The summed E-state index contributed by atoms with van der Waals surface area (Å²) in [6.07, 6.45) is 5.80. The Balaban J connectivity index is 1.69. The minimum absolute atomic E-state index is 0.00739. The van der Waals surface area contributed by atoms with E-state index < -0.39 is 6.10 Å². The first-order valence-corrected chi connectivity index (χ1v) is 10.7. The number of ether oxygens (including phenoxy) is 1. The number of hydrogen-bond acceptors (Lipinski definition) is 2.